The summed E-state index contributed by atoms with van der Waals surface area (Å²) in [4.78, 5) is 9.60. The van der Waals surface area contributed by atoms with E-state index >= 15 is 0 Å². The third-order valence-electron chi connectivity index (χ3n) is 0.464. The van der Waals surface area contributed by atoms with Gasteiger partial charge in [0.1, 0.15) is 0 Å². The molecule has 10 heteroatoms. The van der Waals surface area contributed by atoms with Gasteiger partial charge in [0.05, 0.1) is 0 Å². The minimum absolute atomic E-state index is 0. The minimum atomic E-state index is -0.711. The van der Waals surface area contributed by atoms with Gasteiger partial charge in [-0.3, -0.25) is 4.79 Å². The molecule has 0 unspecified atom stereocenters. The first-order valence-corrected chi connectivity index (χ1v) is 1.99. The monoisotopic (exact) mass is 378 g/mol. The van der Waals surface area contributed by atoms with Crippen molar-refractivity contribution in [1.82, 2.24) is 0 Å². The van der Waals surface area contributed by atoms with Crippen molar-refractivity contribution in [1.29, 1.82) is 0 Å². The Morgan fingerprint density at radius 1 is 1.07 bits per heavy atom. The van der Waals surface area contributed by atoms with Gasteiger partial charge in [0.15, 0.2) is 0 Å². The summed E-state index contributed by atoms with van der Waals surface area (Å²) in [6.45, 7) is 1.84. The predicted octanol–water partition coefficient (Wildman–Crippen LogP) is 3.24. The Balaban J connectivity index is -0.00000000278. The first-order valence-electron chi connectivity index (χ1n) is 1.99. The third kappa shape index (κ3) is 85.0. The molecule has 0 aliphatic rings. The molecule has 0 atom stereocenters. The van der Waals surface area contributed by atoms with Crippen molar-refractivity contribution in [3.05, 3.63) is 0 Å². The second-order valence-electron chi connectivity index (χ2n) is 1.14. The zero-order valence-electron chi connectivity index (χ0n) is 9.43. The van der Waals surface area contributed by atoms with Gasteiger partial charge >= 0.3 is 29.0 Å². The molecule has 0 rings (SSSR count). The van der Waals surface area contributed by atoms with E-state index in [-0.39, 0.29) is 122 Å². The van der Waals surface area contributed by atoms with E-state index in [1.165, 1.54) is 0 Å². The van der Waals surface area contributed by atoms with E-state index in [0.717, 1.165) is 6.42 Å². The van der Waals surface area contributed by atoms with Gasteiger partial charge in [-0.1, -0.05) is 6.92 Å². The van der Waals surface area contributed by atoms with E-state index in [0.29, 0.717) is 6.42 Å². The van der Waals surface area contributed by atoms with Gasteiger partial charge in [-0.2, -0.15) is 0 Å². The number of hydrogen-bond donors (Lipinski definition) is 1. The van der Waals surface area contributed by atoms with Crippen LogP contribution in [0.3, 0.4) is 0 Å². The van der Waals surface area contributed by atoms with E-state index in [1.54, 1.807) is 0 Å². The number of hydrogen-bond acceptors (Lipinski definition) is 1. The average Bonchev–Trinajstić information content (AvgIpc) is 1.35. The summed E-state index contributed by atoms with van der Waals surface area (Å²) in [6.07, 6.45) is 1.02. The van der Waals surface area contributed by atoms with Crippen molar-refractivity contribution >= 4 is 103 Å². The Morgan fingerprint density at radius 3 is 1.29 bits per heavy atom. The minimum Gasteiger partial charge on any atom is -1.00 e. The number of rotatable bonds is 2. The van der Waals surface area contributed by atoms with Crippen molar-refractivity contribution in [3.8, 4) is 0 Å². The number of carboxylic acids is 1. The van der Waals surface area contributed by atoms with Crippen LogP contribution in [0.4, 0.5) is 0 Å². The van der Waals surface area contributed by atoms with E-state index in [4.69, 9.17) is 5.11 Å². The van der Waals surface area contributed by atoms with E-state index in [1.807, 2.05) is 6.92 Å². The van der Waals surface area contributed by atoms with Gasteiger partial charge in [0.25, 0.3) is 0 Å². The molecule has 92 valence electrons. The molecular weight excluding hydrogens is 365 g/mol. The summed E-state index contributed by atoms with van der Waals surface area (Å²) in [7, 11) is 0. The van der Waals surface area contributed by atoms with Crippen molar-refractivity contribution in [2.24, 2.45) is 0 Å². The normalized spacial score (nSPS) is 3.50. The molecule has 0 aliphatic carbocycles. The summed E-state index contributed by atoms with van der Waals surface area (Å²) in [6, 6.07) is 0. The second-order valence-corrected chi connectivity index (χ2v) is 1.14. The van der Waals surface area contributed by atoms with Crippen LogP contribution in [0, 0.1) is 0 Å². The van der Waals surface area contributed by atoms with Crippen molar-refractivity contribution in [2.75, 3.05) is 0 Å². The summed E-state index contributed by atoms with van der Waals surface area (Å²) < 4.78 is 0. The van der Waals surface area contributed by atoms with E-state index in [9.17, 15) is 4.79 Å². The van der Waals surface area contributed by atoms with Crippen molar-refractivity contribution < 1.29 is 34.5 Å². The number of carbonyl (C=O) groups is 1. The molecule has 0 saturated carbocycles. The van der Waals surface area contributed by atoms with Crippen LogP contribution in [0.15, 0.2) is 0 Å². The van der Waals surface area contributed by atoms with E-state index < -0.39 is 5.97 Å². The SMILES string of the molecule is CCCC(=O)O.Cl.Cl.Cl.Cl.Cl.Cl.[H-].[H-].[Mg+2].[Ti]. The first-order chi connectivity index (χ1) is 2.77. The number of aliphatic carboxylic acids is 1. The van der Waals surface area contributed by atoms with E-state index in [2.05, 4.69) is 0 Å². The molecular formula is C4H16Cl6MgO2Ti. The number of carboxylic acid groups (broad SMARTS) is 1. The van der Waals surface area contributed by atoms with Gasteiger partial charge in [-0.25, -0.2) is 0 Å². The van der Waals surface area contributed by atoms with Crippen LogP contribution in [0.25, 0.3) is 0 Å². The molecule has 0 heterocycles. The standard InChI is InChI=1S/C4H8O2.6ClH.Mg.Ti.2H/c1-2-3-4(5)6;;;;;;;;;;/h2-3H2,1H3,(H,5,6);6*1H;;;;/q;;;;;;;+2;;2*-1. The fourth-order valence-electron chi connectivity index (χ4n) is 0.214. The Hall–Kier alpha value is 2.69. The Kier molecular flexibility index (Phi) is 284. The zero-order chi connectivity index (χ0) is 4.99. The zero-order valence-corrected chi connectivity index (χ0v) is 15.3. The largest absolute Gasteiger partial charge is 2.00 e. The maximum Gasteiger partial charge on any atom is 2.00 e. The summed E-state index contributed by atoms with van der Waals surface area (Å²) in [5, 5.41) is 7.91. The molecule has 14 heavy (non-hydrogen) atoms. The predicted molar refractivity (Wildman–Crippen MR) is 74.0 cm³/mol. The molecule has 0 aromatic rings. The molecule has 0 spiro atoms. The molecule has 0 saturated heterocycles. The summed E-state index contributed by atoms with van der Waals surface area (Å²) in [5.74, 6) is -0.711. The molecule has 0 fully saturated rings. The maximum absolute atomic E-state index is 9.60. The van der Waals surface area contributed by atoms with Crippen LogP contribution >= 0.6 is 74.4 Å². The fourth-order valence-corrected chi connectivity index (χ4v) is 0.214. The Labute approximate surface area is 156 Å². The molecule has 0 amide bonds. The average molecular weight is 381 g/mol. The van der Waals surface area contributed by atoms with Gasteiger partial charge in [-0.05, 0) is 6.42 Å². The smallest absolute Gasteiger partial charge is 1.00 e. The Bertz CT molecular complexity index is 80.5. The molecule has 0 aromatic heterocycles. The van der Waals surface area contributed by atoms with Gasteiger partial charge in [0.2, 0.25) is 0 Å². The van der Waals surface area contributed by atoms with Crippen molar-refractivity contribution in [3.63, 3.8) is 0 Å². The van der Waals surface area contributed by atoms with Crippen LogP contribution in [-0.2, 0) is 26.5 Å². The summed E-state index contributed by atoms with van der Waals surface area (Å²) >= 11 is 0. The molecule has 1 N–H and O–H groups in total. The van der Waals surface area contributed by atoms with Crippen LogP contribution in [0.2, 0.25) is 0 Å². The first kappa shape index (κ1) is 69.5. The van der Waals surface area contributed by atoms with Crippen LogP contribution in [-0.4, -0.2) is 34.1 Å². The van der Waals surface area contributed by atoms with Crippen molar-refractivity contribution in [2.45, 2.75) is 19.8 Å². The van der Waals surface area contributed by atoms with Crippen LogP contribution in [0.1, 0.15) is 22.6 Å². The summed E-state index contributed by atoms with van der Waals surface area (Å²) in [5.41, 5.74) is 0. The van der Waals surface area contributed by atoms with Gasteiger partial charge < -0.3 is 7.96 Å². The van der Waals surface area contributed by atoms with Crippen LogP contribution in [0.5, 0.6) is 0 Å². The third-order valence-corrected chi connectivity index (χ3v) is 0.464. The quantitative estimate of drug-likeness (QED) is 0.746. The second kappa shape index (κ2) is 57.3. The number of halogens is 6. The molecule has 0 aromatic carbocycles. The molecule has 0 radical (unpaired) electrons. The molecule has 2 nitrogen and oxygen atoms in total. The van der Waals surface area contributed by atoms with Crippen LogP contribution < -0.4 is 0 Å². The van der Waals surface area contributed by atoms with Gasteiger partial charge in [-0.15, -0.1) is 74.4 Å². The maximum atomic E-state index is 9.60. The topological polar surface area (TPSA) is 37.3 Å². The molecule has 0 bridgehead atoms. The van der Waals surface area contributed by atoms with Gasteiger partial charge in [0, 0.05) is 28.1 Å². The molecule has 0 aliphatic heterocycles. The fraction of sp³-hybridized carbons (Fsp3) is 0.750. The Morgan fingerprint density at radius 2 is 1.29 bits per heavy atom.